The molecule has 1 unspecified atom stereocenters. The smallest absolute Gasteiger partial charge is 0.319 e. The summed E-state index contributed by atoms with van der Waals surface area (Å²) < 4.78 is 34.8. The van der Waals surface area contributed by atoms with Crippen LogP contribution in [-0.4, -0.2) is 49.2 Å². The number of amides is 3. The minimum absolute atomic E-state index is 0.0917. The van der Waals surface area contributed by atoms with Gasteiger partial charge < -0.3 is 26.0 Å². The first-order chi connectivity index (χ1) is 15.3. The molecular formula is C23H26F2N4O3. The highest BCUT2D eigenvalue weighted by molar-refractivity contribution is 5.97. The SMILES string of the molecule is Nc1ccc(C2(F)CCN(C(=O)c3ccc(F)c(NC(=O)NC4CCOC4)c3)CC2)cc1. The number of halogens is 2. The summed E-state index contributed by atoms with van der Waals surface area (Å²) in [4.78, 5) is 26.6. The second-order valence-corrected chi connectivity index (χ2v) is 8.23. The first-order valence-electron chi connectivity index (χ1n) is 10.6. The molecule has 2 aromatic carbocycles. The first kappa shape index (κ1) is 22.0. The lowest BCUT2D eigenvalue weighted by Crippen LogP contribution is -2.43. The maximum absolute atomic E-state index is 15.4. The molecule has 1 atom stereocenters. The van der Waals surface area contributed by atoms with E-state index in [9.17, 15) is 14.0 Å². The molecule has 3 amide bonds. The van der Waals surface area contributed by atoms with Gasteiger partial charge in [-0.25, -0.2) is 13.6 Å². The molecule has 2 saturated heterocycles. The molecule has 7 nitrogen and oxygen atoms in total. The highest BCUT2D eigenvalue weighted by atomic mass is 19.1. The topological polar surface area (TPSA) is 96.7 Å². The Labute approximate surface area is 184 Å². The summed E-state index contributed by atoms with van der Waals surface area (Å²) in [7, 11) is 0. The van der Waals surface area contributed by atoms with Gasteiger partial charge in [-0.3, -0.25) is 4.79 Å². The van der Waals surface area contributed by atoms with Crippen LogP contribution in [0.25, 0.3) is 0 Å². The lowest BCUT2D eigenvalue weighted by Gasteiger charge is -2.36. The largest absolute Gasteiger partial charge is 0.399 e. The minimum Gasteiger partial charge on any atom is -0.399 e. The molecule has 0 bridgehead atoms. The molecule has 4 rings (SSSR count). The summed E-state index contributed by atoms with van der Waals surface area (Å²) in [6, 6.07) is 9.79. The van der Waals surface area contributed by atoms with Gasteiger partial charge >= 0.3 is 6.03 Å². The predicted octanol–water partition coefficient (Wildman–Crippen LogP) is 3.42. The number of anilines is 2. The van der Waals surface area contributed by atoms with Crippen molar-refractivity contribution in [2.75, 3.05) is 37.4 Å². The monoisotopic (exact) mass is 444 g/mol. The number of nitrogens with zero attached hydrogens (tertiary/aromatic N) is 1. The fourth-order valence-corrected chi connectivity index (χ4v) is 4.06. The lowest BCUT2D eigenvalue weighted by atomic mass is 9.86. The Bertz CT molecular complexity index is 985. The van der Waals surface area contributed by atoms with E-state index in [1.165, 1.54) is 12.1 Å². The number of benzene rings is 2. The van der Waals surface area contributed by atoms with E-state index in [2.05, 4.69) is 10.6 Å². The number of hydrogen-bond acceptors (Lipinski definition) is 4. The highest BCUT2D eigenvalue weighted by Crippen LogP contribution is 2.37. The first-order valence-corrected chi connectivity index (χ1v) is 10.6. The second-order valence-electron chi connectivity index (χ2n) is 8.23. The van der Waals surface area contributed by atoms with Crippen LogP contribution in [0.15, 0.2) is 42.5 Å². The van der Waals surface area contributed by atoms with Gasteiger partial charge in [0, 0.05) is 43.8 Å². The molecule has 0 radical (unpaired) electrons. The molecule has 2 fully saturated rings. The van der Waals surface area contributed by atoms with Crippen molar-refractivity contribution >= 4 is 23.3 Å². The maximum atomic E-state index is 15.4. The fourth-order valence-electron chi connectivity index (χ4n) is 4.06. The number of carbonyl (C=O) groups is 2. The third kappa shape index (κ3) is 4.83. The number of likely N-dealkylation sites (tertiary alicyclic amines) is 1. The van der Waals surface area contributed by atoms with Gasteiger partial charge in [-0.05, 0) is 42.3 Å². The quantitative estimate of drug-likeness (QED) is 0.630. The number of carbonyl (C=O) groups excluding carboxylic acids is 2. The molecule has 0 aliphatic carbocycles. The van der Waals surface area contributed by atoms with Gasteiger partial charge in [0.05, 0.1) is 18.3 Å². The molecule has 2 aliphatic heterocycles. The standard InChI is InChI=1S/C23H26F2N4O3/c24-19-6-1-15(13-20(19)28-22(31)27-18-7-12-32-14-18)21(30)29-10-8-23(25,9-11-29)16-2-4-17(26)5-3-16/h1-6,13,18H,7-12,14,26H2,(H2,27,28,31). The van der Waals surface area contributed by atoms with Crippen molar-refractivity contribution in [2.24, 2.45) is 0 Å². The summed E-state index contributed by atoms with van der Waals surface area (Å²) in [6.45, 7) is 1.43. The van der Waals surface area contributed by atoms with Crippen LogP contribution >= 0.6 is 0 Å². The van der Waals surface area contributed by atoms with E-state index < -0.39 is 17.5 Å². The van der Waals surface area contributed by atoms with Crippen molar-refractivity contribution in [1.29, 1.82) is 0 Å². The van der Waals surface area contributed by atoms with E-state index in [0.29, 0.717) is 30.9 Å². The number of nitrogen functional groups attached to an aromatic ring is 1. The normalized spacial score (nSPS) is 20.1. The van der Waals surface area contributed by atoms with Crippen LogP contribution < -0.4 is 16.4 Å². The van der Waals surface area contributed by atoms with E-state index in [-0.39, 0.29) is 49.1 Å². The molecule has 0 spiro atoms. The van der Waals surface area contributed by atoms with Crippen LogP contribution in [0.4, 0.5) is 25.0 Å². The Hall–Kier alpha value is -3.20. The Morgan fingerprint density at radius 2 is 1.84 bits per heavy atom. The van der Waals surface area contributed by atoms with Gasteiger partial charge in [0.25, 0.3) is 5.91 Å². The molecule has 0 saturated carbocycles. The molecule has 2 aliphatic rings. The van der Waals surface area contributed by atoms with E-state index in [1.54, 1.807) is 29.2 Å². The number of hydrogen-bond donors (Lipinski definition) is 3. The van der Waals surface area contributed by atoms with Gasteiger partial charge in [0.2, 0.25) is 0 Å². The van der Waals surface area contributed by atoms with Crippen LogP contribution in [0, 0.1) is 5.82 Å². The van der Waals surface area contributed by atoms with Gasteiger partial charge in [0.1, 0.15) is 11.5 Å². The van der Waals surface area contributed by atoms with Crippen molar-refractivity contribution < 1.29 is 23.1 Å². The molecule has 32 heavy (non-hydrogen) atoms. The van der Waals surface area contributed by atoms with Crippen molar-refractivity contribution in [1.82, 2.24) is 10.2 Å². The fraction of sp³-hybridized carbons (Fsp3) is 0.391. The Morgan fingerprint density at radius 1 is 1.12 bits per heavy atom. The van der Waals surface area contributed by atoms with Crippen LogP contribution in [-0.2, 0) is 10.4 Å². The number of nitrogens with two attached hydrogens (primary N) is 1. The van der Waals surface area contributed by atoms with Crippen molar-refractivity contribution in [3.8, 4) is 0 Å². The molecule has 0 aromatic heterocycles. The lowest BCUT2D eigenvalue weighted by molar-refractivity contribution is 0.0421. The van der Waals surface area contributed by atoms with E-state index >= 15 is 4.39 Å². The second kappa shape index (κ2) is 9.12. The Kier molecular flexibility index (Phi) is 6.27. The molecule has 4 N–H and O–H groups in total. The zero-order valence-electron chi connectivity index (χ0n) is 17.6. The number of alkyl halides is 1. The van der Waals surface area contributed by atoms with Crippen molar-refractivity contribution in [3.05, 3.63) is 59.4 Å². The number of urea groups is 1. The van der Waals surface area contributed by atoms with Crippen molar-refractivity contribution in [3.63, 3.8) is 0 Å². The summed E-state index contributed by atoms with van der Waals surface area (Å²) in [5.41, 5.74) is 5.40. The summed E-state index contributed by atoms with van der Waals surface area (Å²) in [6.07, 6.45) is 0.997. The highest BCUT2D eigenvalue weighted by Gasteiger charge is 2.37. The van der Waals surface area contributed by atoms with Gasteiger partial charge in [0.15, 0.2) is 0 Å². The predicted molar refractivity (Wildman–Crippen MR) is 117 cm³/mol. The molecule has 2 aromatic rings. The zero-order valence-corrected chi connectivity index (χ0v) is 17.6. The van der Waals surface area contributed by atoms with Crippen LogP contribution in [0.3, 0.4) is 0 Å². The maximum Gasteiger partial charge on any atom is 0.319 e. The minimum atomic E-state index is -1.53. The summed E-state index contributed by atoms with van der Waals surface area (Å²) in [5.74, 6) is -0.985. The molecule has 2 heterocycles. The van der Waals surface area contributed by atoms with Crippen LogP contribution in [0.5, 0.6) is 0 Å². The van der Waals surface area contributed by atoms with E-state index in [4.69, 9.17) is 10.5 Å². The summed E-state index contributed by atoms with van der Waals surface area (Å²) in [5, 5.41) is 5.16. The number of rotatable bonds is 4. The summed E-state index contributed by atoms with van der Waals surface area (Å²) >= 11 is 0. The van der Waals surface area contributed by atoms with Crippen molar-refractivity contribution in [2.45, 2.75) is 31.0 Å². The van der Waals surface area contributed by atoms with Gasteiger partial charge in [-0.2, -0.15) is 0 Å². The number of piperidine rings is 1. The molecule has 170 valence electrons. The third-order valence-electron chi connectivity index (χ3n) is 6.00. The average Bonchev–Trinajstić information content (AvgIpc) is 3.28. The van der Waals surface area contributed by atoms with Gasteiger partial charge in [-0.1, -0.05) is 12.1 Å². The zero-order chi connectivity index (χ0) is 22.7. The molecule has 9 heteroatoms. The molecular weight excluding hydrogens is 418 g/mol. The average molecular weight is 444 g/mol. The Balaban J connectivity index is 1.39. The van der Waals surface area contributed by atoms with Gasteiger partial charge in [-0.15, -0.1) is 0 Å². The Morgan fingerprint density at radius 3 is 2.50 bits per heavy atom. The third-order valence-corrected chi connectivity index (χ3v) is 6.00. The van der Waals surface area contributed by atoms with E-state index in [1.807, 2.05) is 0 Å². The number of ether oxygens (including phenoxy) is 1. The van der Waals surface area contributed by atoms with Crippen LogP contribution in [0.1, 0.15) is 35.2 Å². The van der Waals surface area contributed by atoms with E-state index in [0.717, 1.165) is 6.07 Å². The number of nitrogens with one attached hydrogen (secondary N) is 2. The van der Waals surface area contributed by atoms with Crippen LogP contribution in [0.2, 0.25) is 0 Å².